The molecule has 3 atom stereocenters. The summed E-state index contributed by atoms with van der Waals surface area (Å²) in [6.07, 6.45) is 2.98. The second kappa shape index (κ2) is 6.20. The van der Waals surface area contributed by atoms with Crippen LogP contribution >= 0.6 is 11.6 Å². The Labute approximate surface area is 131 Å². The van der Waals surface area contributed by atoms with Crippen LogP contribution in [0.15, 0.2) is 36.5 Å². The van der Waals surface area contributed by atoms with Gasteiger partial charge in [0.2, 0.25) is 0 Å². The molecule has 0 amide bonds. The third-order valence-electron chi connectivity index (χ3n) is 4.35. The average molecular weight is 304 g/mol. The predicted molar refractivity (Wildman–Crippen MR) is 86.6 cm³/mol. The van der Waals surface area contributed by atoms with Crippen LogP contribution in [0.5, 0.6) is 0 Å². The highest BCUT2D eigenvalue weighted by Crippen LogP contribution is 2.54. The lowest BCUT2D eigenvalue weighted by molar-refractivity contribution is 0.444. The molecule has 1 saturated carbocycles. The van der Waals surface area contributed by atoms with Crippen molar-refractivity contribution in [3.63, 3.8) is 0 Å². The molecule has 1 aliphatic rings. The largest absolute Gasteiger partial charge is 0.309 e. The maximum Gasteiger partial charge on any atom is 0.0834 e. The zero-order chi connectivity index (χ0) is 14.8. The zero-order valence-electron chi connectivity index (χ0n) is 12.6. The lowest BCUT2D eigenvalue weighted by Crippen LogP contribution is -2.26. The van der Waals surface area contributed by atoms with Gasteiger partial charge in [0.05, 0.1) is 23.0 Å². The predicted octanol–water partition coefficient (Wildman–Crippen LogP) is 4.01. The van der Waals surface area contributed by atoms with Crippen LogP contribution in [0.2, 0.25) is 5.02 Å². The van der Waals surface area contributed by atoms with Crippen LogP contribution < -0.4 is 5.32 Å². The topological polar surface area (TPSA) is 29.9 Å². The van der Waals surface area contributed by atoms with E-state index in [1.807, 2.05) is 4.68 Å². The summed E-state index contributed by atoms with van der Waals surface area (Å²) in [6.45, 7) is 6.05. The van der Waals surface area contributed by atoms with E-state index in [0.717, 1.165) is 23.8 Å². The average Bonchev–Trinajstić information content (AvgIpc) is 3.22. The monoisotopic (exact) mass is 303 g/mol. The maximum absolute atomic E-state index is 6.40. The molecule has 0 spiro atoms. The number of hydrogen-bond donors (Lipinski definition) is 1. The highest BCUT2D eigenvalue weighted by molar-refractivity contribution is 6.31. The molecule has 21 heavy (non-hydrogen) atoms. The van der Waals surface area contributed by atoms with Gasteiger partial charge < -0.3 is 5.32 Å². The standard InChI is InChI=1S/C17H22ClN3/c1-3-19-16(17-15(18)11-20-21(17)4-2)14-10-13(14)12-8-6-5-7-9-12/h5-9,11,13-14,16,19H,3-4,10H2,1-2H3. The minimum Gasteiger partial charge on any atom is -0.309 e. The zero-order valence-corrected chi connectivity index (χ0v) is 13.3. The fourth-order valence-corrected chi connectivity index (χ4v) is 3.53. The van der Waals surface area contributed by atoms with Gasteiger partial charge in [-0.15, -0.1) is 0 Å². The van der Waals surface area contributed by atoms with Crippen LogP contribution in [-0.4, -0.2) is 16.3 Å². The number of benzene rings is 1. The van der Waals surface area contributed by atoms with Gasteiger partial charge in [-0.3, -0.25) is 4.68 Å². The van der Waals surface area contributed by atoms with E-state index in [2.05, 4.69) is 54.6 Å². The Hall–Kier alpha value is -1.32. The van der Waals surface area contributed by atoms with Gasteiger partial charge in [0, 0.05) is 6.54 Å². The molecule has 1 fully saturated rings. The van der Waals surface area contributed by atoms with Crippen molar-refractivity contribution in [2.75, 3.05) is 6.54 Å². The minimum absolute atomic E-state index is 0.287. The Bertz CT molecular complexity index is 593. The van der Waals surface area contributed by atoms with Crippen LogP contribution in [0.3, 0.4) is 0 Å². The molecule has 1 aliphatic carbocycles. The molecular weight excluding hydrogens is 282 g/mol. The summed E-state index contributed by atoms with van der Waals surface area (Å²) < 4.78 is 2.02. The highest BCUT2D eigenvalue weighted by Gasteiger charge is 2.45. The van der Waals surface area contributed by atoms with Crippen LogP contribution in [0.1, 0.15) is 43.5 Å². The van der Waals surface area contributed by atoms with Crippen molar-refractivity contribution in [3.05, 3.63) is 52.8 Å². The fraction of sp³-hybridized carbons (Fsp3) is 0.471. The van der Waals surface area contributed by atoms with Gasteiger partial charge >= 0.3 is 0 Å². The van der Waals surface area contributed by atoms with E-state index in [0.29, 0.717) is 11.8 Å². The summed E-state index contributed by atoms with van der Waals surface area (Å²) in [5.74, 6) is 1.23. The van der Waals surface area contributed by atoms with Crippen molar-refractivity contribution >= 4 is 11.6 Å². The summed E-state index contributed by atoms with van der Waals surface area (Å²) >= 11 is 6.40. The van der Waals surface area contributed by atoms with Crippen LogP contribution in [0.25, 0.3) is 0 Å². The quantitative estimate of drug-likeness (QED) is 0.874. The maximum atomic E-state index is 6.40. The van der Waals surface area contributed by atoms with Crippen molar-refractivity contribution in [3.8, 4) is 0 Å². The van der Waals surface area contributed by atoms with Crippen molar-refractivity contribution < 1.29 is 0 Å². The highest BCUT2D eigenvalue weighted by atomic mass is 35.5. The first-order valence-corrected chi connectivity index (χ1v) is 8.13. The van der Waals surface area contributed by atoms with Gasteiger partial charge in [-0.05, 0) is 37.3 Å². The summed E-state index contributed by atoms with van der Waals surface area (Å²) in [5.41, 5.74) is 2.58. The Morgan fingerprint density at radius 3 is 2.76 bits per heavy atom. The Kier molecular flexibility index (Phi) is 4.32. The van der Waals surface area contributed by atoms with E-state index in [1.165, 1.54) is 12.0 Å². The van der Waals surface area contributed by atoms with Crippen LogP contribution in [0.4, 0.5) is 0 Å². The number of aryl methyl sites for hydroxylation is 1. The van der Waals surface area contributed by atoms with E-state index in [1.54, 1.807) is 6.20 Å². The molecule has 1 aromatic carbocycles. The van der Waals surface area contributed by atoms with Crippen LogP contribution in [-0.2, 0) is 6.54 Å². The van der Waals surface area contributed by atoms with E-state index in [4.69, 9.17) is 11.6 Å². The van der Waals surface area contributed by atoms with E-state index >= 15 is 0 Å². The smallest absolute Gasteiger partial charge is 0.0834 e. The lowest BCUT2D eigenvalue weighted by atomic mass is 10.0. The molecule has 0 saturated heterocycles. The van der Waals surface area contributed by atoms with Gasteiger partial charge in [0.15, 0.2) is 0 Å². The molecule has 1 aromatic heterocycles. The first-order valence-electron chi connectivity index (χ1n) is 7.75. The lowest BCUT2D eigenvalue weighted by Gasteiger charge is -2.20. The van der Waals surface area contributed by atoms with Crippen LogP contribution in [0, 0.1) is 5.92 Å². The summed E-state index contributed by atoms with van der Waals surface area (Å²) in [4.78, 5) is 0. The normalized spacial score (nSPS) is 22.2. The fourth-order valence-electron chi connectivity index (χ4n) is 3.27. The molecule has 1 N–H and O–H groups in total. The summed E-state index contributed by atoms with van der Waals surface area (Å²) in [6, 6.07) is 11.1. The third kappa shape index (κ3) is 2.85. The molecule has 0 aliphatic heterocycles. The molecule has 4 heteroatoms. The second-order valence-electron chi connectivity index (χ2n) is 5.65. The van der Waals surface area contributed by atoms with E-state index in [9.17, 15) is 0 Å². The van der Waals surface area contributed by atoms with Crippen molar-refractivity contribution in [2.45, 2.75) is 38.8 Å². The number of nitrogens with one attached hydrogen (secondary N) is 1. The molecule has 3 nitrogen and oxygen atoms in total. The van der Waals surface area contributed by atoms with Gasteiger partial charge in [-0.1, -0.05) is 48.9 Å². The van der Waals surface area contributed by atoms with E-state index < -0.39 is 0 Å². The van der Waals surface area contributed by atoms with Crippen molar-refractivity contribution in [1.29, 1.82) is 0 Å². The number of rotatable bonds is 6. The Balaban J connectivity index is 1.85. The van der Waals surface area contributed by atoms with Crippen molar-refractivity contribution in [2.24, 2.45) is 5.92 Å². The Morgan fingerprint density at radius 2 is 2.10 bits per heavy atom. The molecule has 0 bridgehead atoms. The SMILES string of the molecule is CCNC(c1c(Cl)cnn1CC)C1CC1c1ccccc1. The Morgan fingerprint density at radius 1 is 1.33 bits per heavy atom. The van der Waals surface area contributed by atoms with Gasteiger partial charge in [-0.25, -0.2) is 0 Å². The second-order valence-corrected chi connectivity index (χ2v) is 6.05. The number of hydrogen-bond acceptors (Lipinski definition) is 2. The molecular formula is C17H22ClN3. The number of aromatic nitrogens is 2. The first kappa shape index (κ1) is 14.6. The van der Waals surface area contributed by atoms with Gasteiger partial charge in [-0.2, -0.15) is 5.10 Å². The molecule has 3 rings (SSSR count). The number of halogens is 1. The molecule has 3 unspecified atom stereocenters. The van der Waals surface area contributed by atoms with Gasteiger partial charge in [0.25, 0.3) is 0 Å². The van der Waals surface area contributed by atoms with Gasteiger partial charge in [0.1, 0.15) is 0 Å². The molecule has 1 heterocycles. The number of nitrogens with zero attached hydrogens (tertiary/aromatic N) is 2. The third-order valence-corrected chi connectivity index (χ3v) is 4.64. The van der Waals surface area contributed by atoms with Crippen molar-refractivity contribution in [1.82, 2.24) is 15.1 Å². The molecule has 2 aromatic rings. The molecule has 112 valence electrons. The summed E-state index contributed by atoms with van der Waals surface area (Å²) in [5, 5.41) is 8.79. The molecule has 0 radical (unpaired) electrons. The minimum atomic E-state index is 0.287. The summed E-state index contributed by atoms with van der Waals surface area (Å²) in [7, 11) is 0. The first-order chi connectivity index (χ1) is 10.3. The van der Waals surface area contributed by atoms with E-state index in [-0.39, 0.29) is 6.04 Å².